The number of fused-ring (bicyclic) bond motifs is 3. The van der Waals surface area contributed by atoms with E-state index in [9.17, 15) is 0 Å². The molecule has 0 saturated carbocycles. The summed E-state index contributed by atoms with van der Waals surface area (Å²) in [5.41, 5.74) is 2.75. The van der Waals surface area contributed by atoms with Crippen LogP contribution in [0, 0.1) is 6.08 Å². The van der Waals surface area contributed by atoms with Crippen molar-refractivity contribution in [1.82, 2.24) is 0 Å². The summed E-state index contributed by atoms with van der Waals surface area (Å²) in [7, 11) is 0. The van der Waals surface area contributed by atoms with Crippen LogP contribution < -0.4 is 10.4 Å². The van der Waals surface area contributed by atoms with Crippen LogP contribution in [-0.4, -0.2) is 5.43 Å². The van der Waals surface area contributed by atoms with Crippen LogP contribution in [0.15, 0.2) is 121 Å². The topological polar surface area (TPSA) is 0 Å². The summed E-state index contributed by atoms with van der Waals surface area (Å²) < 4.78 is 0. The summed E-state index contributed by atoms with van der Waals surface area (Å²) in [4.78, 5) is 0. The van der Waals surface area contributed by atoms with Crippen molar-refractivity contribution >= 4 is 37.4 Å². The van der Waals surface area contributed by atoms with Crippen molar-refractivity contribution in [2.75, 3.05) is 0 Å². The second kappa shape index (κ2) is 13.3. The van der Waals surface area contributed by atoms with Gasteiger partial charge in [-0.05, 0) is 10.8 Å². The van der Waals surface area contributed by atoms with Crippen LogP contribution in [0.2, 0.25) is 0 Å². The zero-order chi connectivity index (χ0) is 28.8. The van der Waals surface area contributed by atoms with Gasteiger partial charge < -0.3 is 0 Å². The molecule has 0 heterocycles. The molecule has 5 aromatic rings. The molecule has 0 bridgehead atoms. The number of hydrogen-bond acceptors (Lipinski definition) is 0. The van der Waals surface area contributed by atoms with Crippen molar-refractivity contribution in [1.29, 1.82) is 0 Å². The van der Waals surface area contributed by atoms with Gasteiger partial charge in [0, 0.05) is 0 Å². The van der Waals surface area contributed by atoms with E-state index in [0.717, 1.165) is 6.42 Å². The Morgan fingerprint density at radius 3 is 1.43 bits per heavy atom. The van der Waals surface area contributed by atoms with E-state index in [1.807, 2.05) is 12.2 Å². The van der Waals surface area contributed by atoms with Crippen molar-refractivity contribution in [3.63, 3.8) is 0 Å². The predicted octanol–water partition coefficient (Wildman–Crippen LogP) is 8.95. The van der Waals surface area contributed by atoms with E-state index in [4.69, 9.17) is 0 Å². The summed E-state index contributed by atoms with van der Waals surface area (Å²) in [5, 5.41) is 8.52. The molecule has 2 heteroatoms. The standard InChI is InChI=1S/C21H25.C12H10Si.C5H5.Zr/c1-20(2,3)16-9-7-14-11-15-8-10-17(21(4,5)6)13-19(15)18(14)12-16;1-3-7-11(8-4-1)13-12-9-5-2-6-10-12;1-2-4-5-3-1;/h7-13H,1-6H3;1-10H;1-3H,4H2;/q-1;;-1;+2. The van der Waals surface area contributed by atoms with Gasteiger partial charge in [-0.1, -0.05) is 76.9 Å². The number of hydrogen-bond donors (Lipinski definition) is 0. The minimum atomic E-state index is -0.455. The molecule has 0 nitrogen and oxygen atoms in total. The molecule has 1 aliphatic carbocycles. The Labute approximate surface area is 256 Å². The maximum absolute atomic E-state index is 2.99. The molecule has 0 fully saturated rings. The average molecular weight is 616 g/mol. The van der Waals surface area contributed by atoms with E-state index in [2.05, 4.69) is 157 Å². The van der Waals surface area contributed by atoms with E-state index in [1.165, 1.54) is 43.0 Å². The molecule has 0 aromatic heterocycles. The van der Waals surface area contributed by atoms with E-state index < -0.39 is 5.43 Å². The summed E-state index contributed by atoms with van der Waals surface area (Å²) in [6.07, 6.45) is 10.0. The molecule has 0 atom stereocenters. The third-order valence-electron chi connectivity index (χ3n) is 7.15. The van der Waals surface area contributed by atoms with Gasteiger partial charge in [-0.2, -0.15) is 6.08 Å². The van der Waals surface area contributed by atoms with Gasteiger partial charge in [0.2, 0.25) is 0 Å². The van der Waals surface area contributed by atoms with E-state index in [1.54, 1.807) is 23.3 Å². The van der Waals surface area contributed by atoms with Crippen LogP contribution in [0.4, 0.5) is 0 Å². The monoisotopic (exact) mass is 614 g/mol. The van der Waals surface area contributed by atoms with E-state index in [0.29, 0.717) is 0 Å². The van der Waals surface area contributed by atoms with Crippen molar-refractivity contribution in [2.45, 2.75) is 58.8 Å². The molecule has 0 N–H and O–H groups in total. The molecule has 5 aromatic carbocycles. The van der Waals surface area contributed by atoms with Crippen molar-refractivity contribution in [3.8, 4) is 0 Å². The summed E-state index contributed by atoms with van der Waals surface area (Å²) in [6, 6.07) is 37.8. The Balaban J connectivity index is 0.000000166. The molecule has 0 saturated heterocycles. The van der Waals surface area contributed by atoms with Crippen LogP contribution in [0.5, 0.6) is 0 Å². The Morgan fingerprint density at radius 1 is 0.650 bits per heavy atom. The molecule has 6 rings (SSSR count). The molecule has 1 aliphatic rings. The van der Waals surface area contributed by atoms with Gasteiger partial charge in [0.05, 0.1) is 0 Å². The second-order valence-electron chi connectivity index (χ2n) is 12.4. The molecular formula is C38H40SiZr. The zero-order valence-electron chi connectivity index (χ0n) is 24.8. The van der Waals surface area contributed by atoms with Crippen molar-refractivity contribution in [2.24, 2.45) is 0 Å². The Morgan fingerprint density at radius 2 is 1.10 bits per heavy atom. The van der Waals surface area contributed by atoms with Crippen LogP contribution in [-0.2, 0) is 34.2 Å². The zero-order valence-corrected chi connectivity index (χ0v) is 28.2. The third kappa shape index (κ3) is 7.96. The fraction of sp³-hybridized carbons (Fsp3) is 0.237. The molecule has 0 aliphatic heterocycles. The molecule has 0 unspecified atom stereocenters. The molecule has 0 radical (unpaired) electrons. The quantitative estimate of drug-likeness (QED) is 0.137. The van der Waals surface area contributed by atoms with Gasteiger partial charge in [0.15, 0.2) is 0 Å². The molecule has 40 heavy (non-hydrogen) atoms. The summed E-state index contributed by atoms with van der Waals surface area (Å²) in [6.45, 7) is 13.7. The molecular weight excluding hydrogens is 576 g/mol. The van der Waals surface area contributed by atoms with Crippen LogP contribution in [0.3, 0.4) is 0 Å². The molecule has 0 spiro atoms. The fourth-order valence-electron chi connectivity index (χ4n) is 4.65. The average Bonchev–Trinajstić information content (AvgIpc) is 3.64. The SMILES string of the molecule is CC(C)(C)c1ccc2[cH-]c3ccc(C(C)(C)C)cc3c2c1.[C-]1=CC=CC1.[Zr+2]=[Si](c1ccccc1)c1ccccc1. The first-order valence-electron chi connectivity index (χ1n) is 14.1. The van der Waals surface area contributed by atoms with E-state index >= 15 is 0 Å². The van der Waals surface area contributed by atoms with Gasteiger partial charge >= 0.3 is 99.8 Å². The Kier molecular flexibility index (Phi) is 10.1. The second-order valence-corrected chi connectivity index (χ2v) is 18.0. The number of rotatable bonds is 2. The first-order valence-corrected chi connectivity index (χ1v) is 19.3. The first kappa shape index (κ1) is 30.3. The van der Waals surface area contributed by atoms with Crippen LogP contribution in [0.1, 0.15) is 59.1 Å². The third-order valence-corrected chi connectivity index (χ3v) is 13.2. The van der Waals surface area contributed by atoms with Crippen LogP contribution in [0.25, 0.3) is 21.5 Å². The van der Waals surface area contributed by atoms with Gasteiger partial charge in [-0.3, -0.25) is 6.08 Å². The summed E-state index contributed by atoms with van der Waals surface area (Å²) >= 11 is 1.64. The minimum absolute atomic E-state index is 0.194. The Bertz CT molecular complexity index is 1500. The first-order chi connectivity index (χ1) is 19.0. The Hall–Kier alpha value is -2.67. The van der Waals surface area contributed by atoms with Gasteiger partial charge in [-0.25, -0.2) is 12.2 Å². The summed E-state index contributed by atoms with van der Waals surface area (Å²) in [5.74, 6) is 0. The van der Waals surface area contributed by atoms with Crippen molar-refractivity contribution in [3.05, 3.63) is 139 Å². The van der Waals surface area contributed by atoms with Crippen LogP contribution >= 0.6 is 0 Å². The number of allylic oxidation sites excluding steroid dienone is 4. The van der Waals surface area contributed by atoms with Gasteiger partial charge in [0.25, 0.3) is 0 Å². The number of benzene rings is 4. The normalized spacial score (nSPS) is 12.6. The van der Waals surface area contributed by atoms with Crippen molar-refractivity contribution < 1.29 is 23.3 Å². The molecule has 0 amide bonds. The van der Waals surface area contributed by atoms with E-state index in [-0.39, 0.29) is 10.8 Å². The molecule has 200 valence electrons. The predicted molar refractivity (Wildman–Crippen MR) is 174 cm³/mol. The maximum atomic E-state index is 2.99. The van der Waals surface area contributed by atoms with Gasteiger partial charge in [0.1, 0.15) is 0 Å². The fourth-order valence-corrected chi connectivity index (χ4v) is 8.49. The van der Waals surface area contributed by atoms with Gasteiger partial charge in [-0.15, -0.1) is 46.2 Å².